The third-order valence-electron chi connectivity index (χ3n) is 2.14. The molecule has 1 nitrogen and oxygen atoms in total. The van der Waals surface area contributed by atoms with Gasteiger partial charge in [-0.15, -0.1) is 0 Å². The van der Waals surface area contributed by atoms with E-state index in [1.54, 1.807) is 0 Å². The Morgan fingerprint density at radius 1 is 1.22 bits per heavy atom. The first kappa shape index (κ1) is 8.96. The molecule has 0 fully saturated rings. The highest BCUT2D eigenvalue weighted by Crippen LogP contribution is 2.09. The highest BCUT2D eigenvalue weighted by atomic mass is 14.9. The quantitative estimate of drug-likeness (QED) is 0.612. The van der Waals surface area contributed by atoms with Gasteiger partial charge in [-0.1, -0.05) is 27.2 Å². The molecule has 1 heteroatoms. The van der Waals surface area contributed by atoms with Gasteiger partial charge in [0.2, 0.25) is 0 Å². The molecule has 0 aromatic rings. The van der Waals surface area contributed by atoms with Crippen molar-refractivity contribution in [3.63, 3.8) is 0 Å². The van der Waals surface area contributed by atoms with Gasteiger partial charge in [-0.05, 0) is 19.4 Å². The predicted molar refractivity (Wildman–Crippen MR) is 42.6 cm³/mol. The van der Waals surface area contributed by atoms with Crippen LogP contribution >= 0.6 is 0 Å². The Morgan fingerprint density at radius 2 is 1.78 bits per heavy atom. The second kappa shape index (κ2) is 4.80. The number of nitrogens with one attached hydrogen (secondary N) is 1. The lowest BCUT2D eigenvalue weighted by molar-refractivity contribution is 0.379. The Labute approximate surface area is 58.8 Å². The highest BCUT2D eigenvalue weighted by molar-refractivity contribution is 4.67. The molecule has 0 spiro atoms. The Balaban J connectivity index is 3.50. The molecule has 2 atom stereocenters. The average Bonchev–Trinajstić information content (AvgIpc) is 1.90. The number of hydrogen-bond acceptors (Lipinski definition) is 1. The maximum absolute atomic E-state index is 3.30. The van der Waals surface area contributed by atoms with Crippen LogP contribution in [0.2, 0.25) is 0 Å². The topological polar surface area (TPSA) is 12.0 Å². The molecule has 0 bridgehead atoms. The van der Waals surface area contributed by atoms with Crippen molar-refractivity contribution in [1.29, 1.82) is 0 Å². The summed E-state index contributed by atoms with van der Waals surface area (Å²) in [5, 5.41) is 3.30. The predicted octanol–water partition coefficient (Wildman–Crippen LogP) is 2.03. The van der Waals surface area contributed by atoms with Crippen LogP contribution in [-0.4, -0.2) is 13.1 Å². The molecule has 0 aromatic heterocycles. The summed E-state index contributed by atoms with van der Waals surface area (Å²) in [6.45, 7) is 6.77. The molecule has 9 heavy (non-hydrogen) atoms. The third kappa shape index (κ3) is 2.85. The van der Waals surface area contributed by atoms with E-state index < -0.39 is 0 Å². The average molecular weight is 129 g/mol. The second-order valence-corrected chi connectivity index (χ2v) is 2.69. The van der Waals surface area contributed by atoms with Crippen molar-refractivity contribution < 1.29 is 0 Å². The van der Waals surface area contributed by atoms with Gasteiger partial charge < -0.3 is 5.32 Å². The van der Waals surface area contributed by atoms with Gasteiger partial charge in [-0.3, -0.25) is 0 Å². The fraction of sp³-hybridized carbons (Fsp3) is 1.00. The van der Waals surface area contributed by atoms with Crippen LogP contribution in [-0.2, 0) is 0 Å². The van der Waals surface area contributed by atoms with E-state index in [-0.39, 0.29) is 0 Å². The van der Waals surface area contributed by atoms with Crippen LogP contribution in [0.25, 0.3) is 0 Å². The monoisotopic (exact) mass is 129 g/mol. The minimum Gasteiger partial charge on any atom is -0.317 e. The van der Waals surface area contributed by atoms with Gasteiger partial charge in [0.25, 0.3) is 0 Å². The molecule has 2 unspecified atom stereocenters. The molecule has 0 rings (SSSR count). The van der Waals surface area contributed by atoms with Gasteiger partial charge >= 0.3 is 0 Å². The van der Waals surface area contributed by atoms with Gasteiger partial charge in [0, 0.05) is 6.04 Å². The van der Waals surface area contributed by atoms with Crippen molar-refractivity contribution >= 4 is 0 Å². The Kier molecular flexibility index (Phi) is 4.78. The molecule has 0 heterocycles. The van der Waals surface area contributed by atoms with Crippen LogP contribution in [0.15, 0.2) is 0 Å². The molecule has 0 radical (unpaired) electrons. The van der Waals surface area contributed by atoms with E-state index in [4.69, 9.17) is 0 Å². The van der Waals surface area contributed by atoms with Gasteiger partial charge in [-0.25, -0.2) is 0 Å². The molecule has 0 aliphatic carbocycles. The van der Waals surface area contributed by atoms with Gasteiger partial charge in [0.15, 0.2) is 0 Å². The Bertz CT molecular complexity index is 57.6. The van der Waals surface area contributed by atoms with Crippen LogP contribution < -0.4 is 5.32 Å². The summed E-state index contributed by atoms with van der Waals surface area (Å²) in [5.41, 5.74) is 0. The summed E-state index contributed by atoms with van der Waals surface area (Å²) in [5.74, 6) is 0.819. The number of rotatable bonds is 4. The zero-order valence-electron chi connectivity index (χ0n) is 7.07. The molecule has 0 saturated carbocycles. The number of hydrogen-bond donors (Lipinski definition) is 1. The first-order valence-corrected chi connectivity index (χ1v) is 3.93. The van der Waals surface area contributed by atoms with Crippen molar-refractivity contribution in [2.75, 3.05) is 7.05 Å². The maximum atomic E-state index is 3.30. The highest BCUT2D eigenvalue weighted by Gasteiger charge is 2.09. The maximum Gasteiger partial charge on any atom is 0.00869 e. The van der Waals surface area contributed by atoms with E-state index in [0.29, 0.717) is 0 Å². The summed E-state index contributed by atoms with van der Waals surface area (Å²) in [6, 6.07) is 0.718. The summed E-state index contributed by atoms with van der Waals surface area (Å²) >= 11 is 0. The van der Waals surface area contributed by atoms with E-state index in [0.717, 1.165) is 12.0 Å². The molecule has 0 aliphatic heterocycles. The Hall–Kier alpha value is -0.0400. The minimum absolute atomic E-state index is 0.718. The molecule has 0 amide bonds. The lowest BCUT2D eigenvalue weighted by Crippen LogP contribution is -2.30. The van der Waals surface area contributed by atoms with Gasteiger partial charge in [-0.2, -0.15) is 0 Å². The van der Waals surface area contributed by atoms with E-state index in [1.165, 1.54) is 12.8 Å². The van der Waals surface area contributed by atoms with Crippen molar-refractivity contribution in [2.24, 2.45) is 5.92 Å². The first-order chi connectivity index (χ1) is 4.26. The summed E-state index contributed by atoms with van der Waals surface area (Å²) in [6.07, 6.45) is 2.52. The molecular weight excluding hydrogens is 110 g/mol. The van der Waals surface area contributed by atoms with Gasteiger partial charge in [0.1, 0.15) is 0 Å². The first-order valence-electron chi connectivity index (χ1n) is 3.93. The summed E-state index contributed by atoms with van der Waals surface area (Å²) in [7, 11) is 2.04. The molecule has 1 N–H and O–H groups in total. The smallest absolute Gasteiger partial charge is 0.00869 e. The van der Waals surface area contributed by atoms with Crippen molar-refractivity contribution in [1.82, 2.24) is 5.32 Å². The van der Waals surface area contributed by atoms with Crippen LogP contribution in [0.4, 0.5) is 0 Å². The normalized spacial score (nSPS) is 17.3. The van der Waals surface area contributed by atoms with Crippen LogP contribution in [0, 0.1) is 5.92 Å². The summed E-state index contributed by atoms with van der Waals surface area (Å²) in [4.78, 5) is 0. The molecule has 0 saturated heterocycles. The molecule has 0 aromatic carbocycles. The van der Waals surface area contributed by atoms with Crippen molar-refractivity contribution in [2.45, 2.75) is 39.7 Å². The van der Waals surface area contributed by atoms with E-state index in [2.05, 4.69) is 26.1 Å². The molecule has 0 aliphatic rings. The summed E-state index contributed by atoms with van der Waals surface area (Å²) < 4.78 is 0. The Morgan fingerprint density at radius 3 is 1.89 bits per heavy atom. The van der Waals surface area contributed by atoms with Crippen LogP contribution in [0.5, 0.6) is 0 Å². The fourth-order valence-electron chi connectivity index (χ4n) is 1.18. The van der Waals surface area contributed by atoms with E-state index in [9.17, 15) is 0 Å². The lowest BCUT2D eigenvalue weighted by atomic mass is 9.97. The lowest BCUT2D eigenvalue weighted by Gasteiger charge is -2.19. The second-order valence-electron chi connectivity index (χ2n) is 2.69. The zero-order chi connectivity index (χ0) is 7.28. The van der Waals surface area contributed by atoms with Crippen LogP contribution in [0.1, 0.15) is 33.6 Å². The SMILES string of the molecule is CCC(C)C(CC)NC. The minimum atomic E-state index is 0.718. The fourth-order valence-corrected chi connectivity index (χ4v) is 1.18. The molecule has 56 valence electrons. The van der Waals surface area contributed by atoms with Crippen molar-refractivity contribution in [3.8, 4) is 0 Å². The van der Waals surface area contributed by atoms with Gasteiger partial charge in [0.05, 0.1) is 0 Å². The van der Waals surface area contributed by atoms with E-state index in [1.807, 2.05) is 7.05 Å². The van der Waals surface area contributed by atoms with Crippen LogP contribution in [0.3, 0.4) is 0 Å². The third-order valence-corrected chi connectivity index (χ3v) is 2.14. The largest absolute Gasteiger partial charge is 0.317 e. The van der Waals surface area contributed by atoms with Crippen molar-refractivity contribution in [3.05, 3.63) is 0 Å². The zero-order valence-corrected chi connectivity index (χ0v) is 7.07. The molecular formula is C8H19N. The standard InChI is InChI=1S/C8H19N/c1-5-7(3)8(6-2)9-4/h7-9H,5-6H2,1-4H3. The van der Waals surface area contributed by atoms with E-state index >= 15 is 0 Å².